The Morgan fingerprint density at radius 3 is 2.56 bits per heavy atom. The fourth-order valence-electron chi connectivity index (χ4n) is 1.71. The average Bonchev–Trinajstić information content (AvgIpc) is 2.22. The Kier molecular flexibility index (Phi) is 4.54. The van der Waals surface area contributed by atoms with Crippen molar-refractivity contribution in [2.45, 2.75) is 33.7 Å². The summed E-state index contributed by atoms with van der Waals surface area (Å²) in [6.45, 7) is 8.79. The third kappa shape index (κ3) is 2.64. The molecule has 1 rings (SSSR count). The minimum absolute atomic E-state index is 0.0908. The first-order valence-electron chi connectivity index (χ1n) is 5.55. The number of benzene rings is 1. The number of halogens is 1. The van der Waals surface area contributed by atoms with Gasteiger partial charge in [0.15, 0.2) is 0 Å². The SMILES string of the molecule is CCN(C(=O)c1cccc(C)c1Br)C(C)C. The smallest absolute Gasteiger partial charge is 0.255 e. The van der Waals surface area contributed by atoms with E-state index < -0.39 is 0 Å². The van der Waals surface area contributed by atoms with E-state index in [-0.39, 0.29) is 11.9 Å². The second-order valence-electron chi connectivity index (χ2n) is 4.12. The van der Waals surface area contributed by atoms with Crippen LogP contribution in [0.1, 0.15) is 36.7 Å². The topological polar surface area (TPSA) is 20.3 Å². The molecule has 1 aromatic carbocycles. The molecule has 0 radical (unpaired) electrons. The Bertz CT molecular complexity index is 388. The number of aryl methyl sites for hydroxylation is 1. The van der Waals surface area contributed by atoms with Crippen LogP contribution in [0.5, 0.6) is 0 Å². The lowest BCUT2D eigenvalue weighted by Crippen LogP contribution is -2.36. The highest BCUT2D eigenvalue weighted by molar-refractivity contribution is 9.10. The maximum atomic E-state index is 12.3. The molecule has 1 aromatic rings. The van der Waals surface area contributed by atoms with Gasteiger partial charge in [-0.15, -0.1) is 0 Å². The van der Waals surface area contributed by atoms with Gasteiger partial charge >= 0.3 is 0 Å². The summed E-state index contributed by atoms with van der Waals surface area (Å²) in [5.74, 6) is 0.0908. The van der Waals surface area contributed by atoms with Crippen molar-refractivity contribution in [3.63, 3.8) is 0 Å². The van der Waals surface area contributed by atoms with Gasteiger partial charge in [0, 0.05) is 17.1 Å². The first-order chi connectivity index (χ1) is 7.49. The molecule has 2 nitrogen and oxygen atoms in total. The molecule has 0 aliphatic rings. The Balaban J connectivity index is 3.09. The molecule has 0 spiro atoms. The first kappa shape index (κ1) is 13.2. The highest BCUT2D eigenvalue weighted by Gasteiger charge is 2.19. The van der Waals surface area contributed by atoms with Crippen LogP contribution in [0.4, 0.5) is 0 Å². The summed E-state index contributed by atoms with van der Waals surface area (Å²) in [7, 11) is 0. The predicted molar refractivity (Wildman–Crippen MR) is 70.7 cm³/mol. The van der Waals surface area contributed by atoms with Crippen LogP contribution in [0.15, 0.2) is 22.7 Å². The lowest BCUT2D eigenvalue weighted by Gasteiger charge is -2.25. The maximum Gasteiger partial charge on any atom is 0.255 e. The number of nitrogens with zero attached hydrogens (tertiary/aromatic N) is 1. The predicted octanol–water partition coefficient (Wildman–Crippen LogP) is 3.63. The first-order valence-corrected chi connectivity index (χ1v) is 6.34. The molecule has 0 saturated heterocycles. The summed E-state index contributed by atoms with van der Waals surface area (Å²) >= 11 is 3.48. The van der Waals surface area contributed by atoms with Gasteiger partial charge in [-0.05, 0) is 55.3 Å². The molecular weight excluding hydrogens is 266 g/mol. The van der Waals surface area contributed by atoms with Gasteiger partial charge in [-0.3, -0.25) is 4.79 Å². The second-order valence-corrected chi connectivity index (χ2v) is 4.91. The summed E-state index contributed by atoms with van der Waals surface area (Å²) in [5, 5.41) is 0. The second kappa shape index (κ2) is 5.48. The normalized spacial score (nSPS) is 10.6. The van der Waals surface area contributed by atoms with Gasteiger partial charge in [0.2, 0.25) is 0 Å². The number of amides is 1. The number of hydrogen-bond acceptors (Lipinski definition) is 1. The minimum atomic E-state index is 0.0908. The zero-order valence-corrected chi connectivity index (χ0v) is 11.8. The van der Waals surface area contributed by atoms with Crippen molar-refractivity contribution in [1.82, 2.24) is 4.90 Å². The van der Waals surface area contributed by atoms with E-state index in [1.807, 2.05) is 50.8 Å². The van der Waals surface area contributed by atoms with Crippen molar-refractivity contribution >= 4 is 21.8 Å². The van der Waals surface area contributed by atoms with Crippen molar-refractivity contribution in [2.75, 3.05) is 6.54 Å². The molecule has 3 heteroatoms. The van der Waals surface area contributed by atoms with Gasteiger partial charge in [0.1, 0.15) is 0 Å². The van der Waals surface area contributed by atoms with Gasteiger partial charge < -0.3 is 4.90 Å². The zero-order chi connectivity index (χ0) is 12.3. The molecule has 16 heavy (non-hydrogen) atoms. The molecule has 0 heterocycles. The summed E-state index contributed by atoms with van der Waals surface area (Å²) in [4.78, 5) is 14.1. The molecule has 0 atom stereocenters. The quantitative estimate of drug-likeness (QED) is 0.830. The van der Waals surface area contributed by atoms with Gasteiger partial charge in [-0.2, -0.15) is 0 Å². The summed E-state index contributed by atoms with van der Waals surface area (Å²) in [5.41, 5.74) is 1.83. The maximum absolute atomic E-state index is 12.3. The van der Waals surface area contributed by atoms with Crippen LogP contribution in [-0.4, -0.2) is 23.4 Å². The molecule has 88 valence electrons. The number of carbonyl (C=O) groups excluding carboxylic acids is 1. The molecule has 0 aromatic heterocycles. The molecular formula is C13H18BrNO. The van der Waals surface area contributed by atoms with Crippen molar-refractivity contribution in [3.05, 3.63) is 33.8 Å². The minimum Gasteiger partial charge on any atom is -0.336 e. The Labute approximate surface area is 106 Å². The third-order valence-electron chi connectivity index (χ3n) is 2.65. The van der Waals surface area contributed by atoms with Crippen LogP contribution in [0.2, 0.25) is 0 Å². The summed E-state index contributed by atoms with van der Waals surface area (Å²) in [6.07, 6.45) is 0. The molecule has 0 bridgehead atoms. The molecule has 0 unspecified atom stereocenters. The lowest BCUT2D eigenvalue weighted by molar-refractivity contribution is 0.0716. The van der Waals surface area contributed by atoms with E-state index in [4.69, 9.17) is 0 Å². The van der Waals surface area contributed by atoms with Crippen LogP contribution < -0.4 is 0 Å². The van der Waals surface area contributed by atoms with Crippen molar-refractivity contribution < 1.29 is 4.79 Å². The average molecular weight is 284 g/mol. The van der Waals surface area contributed by atoms with E-state index in [1.165, 1.54) is 0 Å². The van der Waals surface area contributed by atoms with Gasteiger partial charge in [-0.25, -0.2) is 0 Å². The molecule has 1 amide bonds. The van der Waals surface area contributed by atoms with Crippen LogP contribution in [0.25, 0.3) is 0 Å². The highest BCUT2D eigenvalue weighted by Crippen LogP contribution is 2.23. The van der Waals surface area contributed by atoms with Crippen molar-refractivity contribution in [3.8, 4) is 0 Å². The molecule has 0 aliphatic heterocycles. The van der Waals surface area contributed by atoms with E-state index in [0.717, 1.165) is 22.1 Å². The van der Waals surface area contributed by atoms with Gasteiger partial charge in [0.05, 0.1) is 5.56 Å². The van der Waals surface area contributed by atoms with E-state index >= 15 is 0 Å². The molecule has 0 N–H and O–H groups in total. The number of carbonyl (C=O) groups is 1. The van der Waals surface area contributed by atoms with Gasteiger partial charge in [0.25, 0.3) is 5.91 Å². The molecule has 0 aliphatic carbocycles. The van der Waals surface area contributed by atoms with E-state index in [9.17, 15) is 4.79 Å². The van der Waals surface area contributed by atoms with Crippen LogP contribution >= 0.6 is 15.9 Å². The summed E-state index contributed by atoms with van der Waals surface area (Å²) < 4.78 is 0.902. The van der Waals surface area contributed by atoms with Crippen LogP contribution in [-0.2, 0) is 0 Å². The number of rotatable bonds is 3. The van der Waals surface area contributed by atoms with Gasteiger partial charge in [-0.1, -0.05) is 12.1 Å². The van der Waals surface area contributed by atoms with E-state index in [0.29, 0.717) is 0 Å². The Morgan fingerprint density at radius 1 is 1.44 bits per heavy atom. The van der Waals surface area contributed by atoms with Crippen molar-refractivity contribution in [2.24, 2.45) is 0 Å². The Morgan fingerprint density at radius 2 is 2.06 bits per heavy atom. The summed E-state index contributed by atoms with van der Waals surface area (Å²) in [6, 6.07) is 6.00. The zero-order valence-electron chi connectivity index (χ0n) is 10.2. The molecule has 0 fully saturated rings. The van der Waals surface area contributed by atoms with E-state index in [2.05, 4.69) is 15.9 Å². The lowest BCUT2D eigenvalue weighted by atomic mass is 10.1. The molecule has 0 saturated carbocycles. The van der Waals surface area contributed by atoms with Crippen LogP contribution in [0, 0.1) is 6.92 Å². The highest BCUT2D eigenvalue weighted by atomic mass is 79.9. The van der Waals surface area contributed by atoms with E-state index in [1.54, 1.807) is 0 Å². The van der Waals surface area contributed by atoms with Crippen LogP contribution in [0.3, 0.4) is 0 Å². The Hall–Kier alpha value is -0.830. The standard InChI is InChI=1S/C13H18BrNO/c1-5-15(9(2)3)13(16)11-8-6-7-10(4)12(11)14/h6-9H,5H2,1-4H3. The van der Waals surface area contributed by atoms with Crippen molar-refractivity contribution in [1.29, 1.82) is 0 Å². The fourth-order valence-corrected chi connectivity index (χ4v) is 2.14. The fraction of sp³-hybridized carbons (Fsp3) is 0.462. The largest absolute Gasteiger partial charge is 0.336 e. The third-order valence-corrected chi connectivity index (χ3v) is 3.70. The monoisotopic (exact) mass is 283 g/mol. The number of hydrogen-bond donors (Lipinski definition) is 0.